The second-order valence-electron chi connectivity index (χ2n) is 5.70. The Labute approximate surface area is 130 Å². The van der Waals surface area contributed by atoms with Crippen LogP contribution in [0.1, 0.15) is 23.8 Å². The third kappa shape index (κ3) is 2.23. The lowest BCUT2D eigenvalue weighted by Crippen LogP contribution is -2.35. The van der Waals surface area contributed by atoms with Crippen molar-refractivity contribution in [1.82, 2.24) is 9.88 Å². The molecule has 1 fully saturated rings. The van der Waals surface area contributed by atoms with Gasteiger partial charge in [0.25, 0.3) is 5.91 Å². The highest BCUT2D eigenvalue weighted by molar-refractivity contribution is 9.10. The van der Waals surface area contributed by atoms with Crippen LogP contribution in [0.25, 0.3) is 10.9 Å². The second-order valence-corrected chi connectivity index (χ2v) is 6.50. The van der Waals surface area contributed by atoms with Crippen molar-refractivity contribution in [2.75, 3.05) is 13.1 Å². The van der Waals surface area contributed by atoms with E-state index in [1.54, 1.807) is 11.8 Å². The molecule has 5 nitrogen and oxygen atoms in total. The molecule has 1 aromatic carbocycles. The Balaban J connectivity index is 1.92. The van der Waals surface area contributed by atoms with Gasteiger partial charge in [-0.2, -0.15) is 0 Å². The predicted molar refractivity (Wildman–Crippen MR) is 82.3 cm³/mol. The van der Waals surface area contributed by atoms with Gasteiger partial charge in [0.15, 0.2) is 0 Å². The molecule has 1 saturated heterocycles. The standard InChI is InChI=1S/C15H15BrN2O3/c1-15(14(20)21)6-7-18(8-15)13(19)12-11(16)9-4-2-3-5-10(9)17-12/h2-5,17H,6-8H2,1H3,(H,20,21)/t15-/m1/s1. The van der Waals surface area contributed by atoms with Crippen LogP contribution in [0.4, 0.5) is 0 Å². The molecular weight excluding hydrogens is 336 g/mol. The maximum absolute atomic E-state index is 12.6. The number of nitrogens with zero attached hydrogens (tertiary/aromatic N) is 1. The first-order chi connectivity index (χ1) is 9.92. The van der Waals surface area contributed by atoms with Gasteiger partial charge in [-0.3, -0.25) is 9.59 Å². The van der Waals surface area contributed by atoms with Crippen molar-refractivity contribution in [3.63, 3.8) is 0 Å². The van der Waals surface area contributed by atoms with Crippen molar-refractivity contribution in [3.8, 4) is 0 Å². The summed E-state index contributed by atoms with van der Waals surface area (Å²) in [6.07, 6.45) is 0.478. The molecule has 110 valence electrons. The number of nitrogens with one attached hydrogen (secondary N) is 1. The number of aromatic amines is 1. The van der Waals surface area contributed by atoms with E-state index in [9.17, 15) is 14.7 Å². The minimum atomic E-state index is -0.853. The van der Waals surface area contributed by atoms with E-state index in [1.807, 2.05) is 24.3 Å². The van der Waals surface area contributed by atoms with Crippen LogP contribution in [0.2, 0.25) is 0 Å². The van der Waals surface area contributed by atoms with Crippen molar-refractivity contribution in [1.29, 1.82) is 0 Å². The van der Waals surface area contributed by atoms with E-state index < -0.39 is 11.4 Å². The fraction of sp³-hybridized carbons (Fsp3) is 0.333. The van der Waals surface area contributed by atoms with E-state index in [2.05, 4.69) is 20.9 Å². The first-order valence-corrected chi connectivity index (χ1v) is 7.50. The molecule has 1 aliphatic heterocycles. The Morgan fingerprint density at radius 1 is 1.38 bits per heavy atom. The van der Waals surface area contributed by atoms with Crippen molar-refractivity contribution >= 4 is 38.7 Å². The van der Waals surface area contributed by atoms with Crippen molar-refractivity contribution in [2.45, 2.75) is 13.3 Å². The number of carboxylic acid groups (broad SMARTS) is 1. The zero-order chi connectivity index (χ0) is 15.2. The molecule has 6 heteroatoms. The normalized spacial score (nSPS) is 21.9. The van der Waals surface area contributed by atoms with Gasteiger partial charge in [-0.05, 0) is 35.3 Å². The van der Waals surface area contributed by atoms with Crippen molar-refractivity contribution in [3.05, 3.63) is 34.4 Å². The lowest BCUT2D eigenvalue weighted by molar-refractivity contribution is -0.147. The van der Waals surface area contributed by atoms with Gasteiger partial charge in [0, 0.05) is 24.0 Å². The Kier molecular flexibility index (Phi) is 3.28. The van der Waals surface area contributed by atoms with Gasteiger partial charge in [0.2, 0.25) is 0 Å². The molecule has 0 unspecified atom stereocenters. The zero-order valence-corrected chi connectivity index (χ0v) is 13.1. The number of likely N-dealkylation sites (tertiary alicyclic amines) is 1. The summed E-state index contributed by atoms with van der Waals surface area (Å²) in [6.45, 7) is 2.38. The molecule has 0 spiro atoms. The molecule has 2 aromatic rings. The molecule has 1 amide bonds. The number of benzene rings is 1. The van der Waals surface area contributed by atoms with Crippen molar-refractivity contribution < 1.29 is 14.7 Å². The number of aliphatic carboxylic acids is 1. The van der Waals surface area contributed by atoms with E-state index in [1.165, 1.54) is 0 Å². The second kappa shape index (κ2) is 4.87. The van der Waals surface area contributed by atoms with Crippen LogP contribution < -0.4 is 0 Å². The predicted octanol–water partition coefficient (Wildman–Crippen LogP) is 2.87. The van der Waals surface area contributed by atoms with E-state index in [0.29, 0.717) is 18.7 Å². The summed E-state index contributed by atoms with van der Waals surface area (Å²) in [7, 11) is 0. The molecule has 0 radical (unpaired) electrons. The molecule has 21 heavy (non-hydrogen) atoms. The van der Waals surface area contributed by atoms with Gasteiger partial charge in [-0.25, -0.2) is 0 Å². The highest BCUT2D eigenvalue weighted by Gasteiger charge is 2.42. The third-order valence-corrected chi connectivity index (χ3v) is 4.96. The van der Waals surface area contributed by atoms with Crippen molar-refractivity contribution in [2.24, 2.45) is 5.41 Å². The summed E-state index contributed by atoms with van der Waals surface area (Å²) in [4.78, 5) is 28.6. The molecule has 1 aromatic heterocycles. The number of hydrogen-bond acceptors (Lipinski definition) is 2. The summed E-state index contributed by atoms with van der Waals surface area (Å²) >= 11 is 3.46. The maximum Gasteiger partial charge on any atom is 0.311 e. The summed E-state index contributed by atoms with van der Waals surface area (Å²) in [5.74, 6) is -1.02. The average Bonchev–Trinajstić information content (AvgIpc) is 3.01. The molecule has 2 N–H and O–H groups in total. The van der Waals surface area contributed by atoms with Crippen LogP contribution in [0.3, 0.4) is 0 Å². The van der Waals surface area contributed by atoms with Crippen LogP contribution in [-0.4, -0.2) is 40.0 Å². The summed E-state index contributed by atoms with van der Waals surface area (Å²) in [6, 6.07) is 7.64. The quantitative estimate of drug-likeness (QED) is 0.874. The number of hydrogen-bond donors (Lipinski definition) is 2. The van der Waals surface area contributed by atoms with Gasteiger partial charge >= 0.3 is 5.97 Å². The van der Waals surface area contributed by atoms with Crippen LogP contribution in [0.15, 0.2) is 28.7 Å². The van der Waals surface area contributed by atoms with Crippen LogP contribution in [0, 0.1) is 5.41 Å². The highest BCUT2D eigenvalue weighted by atomic mass is 79.9. The smallest absolute Gasteiger partial charge is 0.311 e. The van der Waals surface area contributed by atoms with E-state index in [4.69, 9.17) is 0 Å². The van der Waals surface area contributed by atoms with E-state index in [0.717, 1.165) is 15.4 Å². The number of rotatable bonds is 2. The number of amides is 1. The zero-order valence-electron chi connectivity index (χ0n) is 11.5. The van der Waals surface area contributed by atoms with Gasteiger partial charge in [-0.15, -0.1) is 0 Å². The fourth-order valence-corrected chi connectivity index (χ4v) is 3.34. The molecular formula is C15H15BrN2O3. The molecule has 0 aliphatic carbocycles. The third-order valence-electron chi connectivity index (χ3n) is 4.13. The molecule has 1 atom stereocenters. The Bertz CT molecular complexity index is 740. The number of carbonyl (C=O) groups is 2. The summed E-state index contributed by atoms with van der Waals surface area (Å²) < 4.78 is 0.729. The van der Waals surface area contributed by atoms with Crippen LogP contribution in [0.5, 0.6) is 0 Å². The molecule has 1 aliphatic rings. The largest absolute Gasteiger partial charge is 0.481 e. The van der Waals surface area contributed by atoms with Gasteiger partial charge < -0.3 is 15.0 Å². The van der Waals surface area contributed by atoms with Crippen LogP contribution >= 0.6 is 15.9 Å². The Morgan fingerprint density at radius 2 is 2.10 bits per heavy atom. The molecule has 3 rings (SSSR count). The number of aromatic nitrogens is 1. The van der Waals surface area contributed by atoms with Gasteiger partial charge in [0.05, 0.1) is 9.89 Å². The van der Waals surface area contributed by atoms with Crippen LogP contribution in [-0.2, 0) is 4.79 Å². The monoisotopic (exact) mass is 350 g/mol. The van der Waals surface area contributed by atoms with E-state index >= 15 is 0 Å². The van der Waals surface area contributed by atoms with E-state index in [-0.39, 0.29) is 12.5 Å². The average molecular weight is 351 g/mol. The lowest BCUT2D eigenvalue weighted by Gasteiger charge is -2.19. The number of para-hydroxylation sites is 1. The number of carboxylic acids is 1. The SMILES string of the molecule is C[C@@]1(C(=O)O)CCN(C(=O)c2[nH]c3ccccc3c2Br)C1. The number of H-pyrrole nitrogens is 1. The lowest BCUT2D eigenvalue weighted by atomic mass is 9.90. The highest BCUT2D eigenvalue weighted by Crippen LogP contribution is 2.33. The molecule has 2 heterocycles. The Hall–Kier alpha value is -1.82. The fourth-order valence-electron chi connectivity index (χ4n) is 2.72. The number of fused-ring (bicyclic) bond motifs is 1. The molecule has 0 bridgehead atoms. The summed E-state index contributed by atoms with van der Waals surface area (Å²) in [5, 5.41) is 10.2. The Morgan fingerprint density at radius 3 is 2.71 bits per heavy atom. The molecule has 0 saturated carbocycles. The summed E-state index contributed by atoms with van der Waals surface area (Å²) in [5.41, 5.74) is 0.507. The minimum Gasteiger partial charge on any atom is -0.481 e. The minimum absolute atomic E-state index is 0.164. The topological polar surface area (TPSA) is 73.4 Å². The van der Waals surface area contributed by atoms with Gasteiger partial charge in [-0.1, -0.05) is 18.2 Å². The van der Waals surface area contributed by atoms with Gasteiger partial charge in [0.1, 0.15) is 5.69 Å². The number of carbonyl (C=O) groups excluding carboxylic acids is 1. The maximum atomic E-state index is 12.6. The first-order valence-electron chi connectivity index (χ1n) is 6.71. The first kappa shape index (κ1) is 14.1. The number of halogens is 1.